The van der Waals surface area contributed by atoms with Crippen LogP contribution in [0.15, 0.2) is 170 Å². The fraction of sp³-hybridized carbons (Fsp3) is 0.333. The van der Waals surface area contributed by atoms with Crippen LogP contribution in [-0.4, -0.2) is 26.9 Å². The summed E-state index contributed by atoms with van der Waals surface area (Å²) in [4.78, 5) is 0. The van der Waals surface area contributed by atoms with Crippen LogP contribution in [-0.2, 0) is 56.5 Å². The molecule has 0 amide bonds. The molecule has 0 aromatic heterocycles. The highest BCUT2D eigenvalue weighted by atomic mass is 31.2. The molecule has 0 fully saturated rings. The lowest BCUT2D eigenvalue weighted by Crippen LogP contribution is -2.22. The molecule has 80 heavy (non-hydrogen) atoms. The molecule has 0 spiro atoms. The zero-order chi connectivity index (χ0) is 57.4. The van der Waals surface area contributed by atoms with Gasteiger partial charge in [-0.3, -0.25) is 0 Å². The summed E-state index contributed by atoms with van der Waals surface area (Å²) >= 11 is 0. The molecular weight excluding hydrogens is 1020 g/mol. The maximum Gasteiger partial charge on any atom is 0.178 e. The van der Waals surface area contributed by atoms with Gasteiger partial charge in [-0.1, -0.05) is 253 Å². The number of ether oxygens (including phenoxy) is 4. The topological polar surface area (TPSA) is 71.1 Å². The van der Waals surface area contributed by atoms with Crippen molar-refractivity contribution in [2.75, 3.05) is 26.9 Å². The molecule has 8 heteroatoms. The number of benzene rings is 8. The predicted octanol–water partition coefficient (Wildman–Crippen LogP) is 16.3. The normalized spacial score (nSPS) is 13.4. The van der Waals surface area contributed by atoms with E-state index in [0.717, 1.165) is 88.4 Å². The Morgan fingerprint density at radius 2 is 0.500 bits per heavy atom. The Morgan fingerprint density at radius 3 is 0.675 bits per heavy atom. The fourth-order valence-corrected chi connectivity index (χ4v) is 15.5. The Hall–Kier alpha value is -6.58. The molecule has 8 aromatic rings. The van der Waals surface area contributed by atoms with Crippen molar-refractivity contribution >= 4 is 35.5 Å². The third kappa shape index (κ3) is 12.3. The van der Waals surface area contributed by atoms with Crippen LogP contribution in [0, 0.1) is 0 Å². The highest BCUT2D eigenvalue weighted by molar-refractivity contribution is 7.79. The van der Waals surface area contributed by atoms with E-state index in [0.29, 0.717) is 37.2 Å². The van der Waals surface area contributed by atoms with E-state index in [9.17, 15) is 0 Å². The van der Waals surface area contributed by atoms with Crippen molar-refractivity contribution in [2.24, 2.45) is 0 Å². The van der Waals surface area contributed by atoms with Gasteiger partial charge in [-0.05, 0) is 88.4 Å². The zero-order valence-electron chi connectivity index (χ0n) is 49.8. The molecule has 0 radical (unpaired) electrons. The summed E-state index contributed by atoms with van der Waals surface area (Å²) in [6.07, 6.45) is 1.77. The van der Waals surface area contributed by atoms with Gasteiger partial charge in [0.25, 0.3) is 0 Å². The van der Waals surface area contributed by atoms with Crippen LogP contribution in [0.1, 0.15) is 150 Å². The Morgan fingerprint density at radius 1 is 0.312 bits per heavy atom. The molecule has 0 atom stereocenters. The molecular formula is C72H82O6P2. The fourth-order valence-electron chi connectivity index (χ4n) is 11.1. The molecule has 0 unspecified atom stereocenters. The summed E-state index contributed by atoms with van der Waals surface area (Å²) in [6, 6.07) is 57.6. The van der Waals surface area contributed by atoms with Crippen molar-refractivity contribution < 1.29 is 28.1 Å². The average molecular weight is 1110 g/mol. The lowest BCUT2D eigenvalue weighted by Gasteiger charge is -2.29. The number of fused-ring (bicyclic) bond motifs is 8. The maximum absolute atomic E-state index is 15.9. The smallest absolute Gasteiger partial charge is 0.178 e. The molecule has 0 saturated carbocycles. The Balaban J connectivity index is 1.35. The van der Waals surface area contributed by atoms with Crippen LogP contribution in [0.5, 0.6) is 23.0 Å². The lowest BCUT2D eigenvalue weighted by atomic mass is 9.79. The van der Waals surface area contributed by atoms with Gasteiger partial charge in [-0.15, -0.1) is 0 Å². The van der Waals surface area contributed by atoms with E-state index >= 15 is 9.13 Å². The summed E-state index contributed by atoms with van der Waals surface area (Å²) in [5, 5.41) is 2.97. The molecule has 6 nitrogen and oxygen atoms in total. The standard InChI is InChI=1S/C72H82O6P2/c1-69(2,3)57-39-49-35-53-43-59(71(7,8)9)45-55(67(53)77-47-79(73,61-27-19-15-20-28-61)62-29-21-16-22-30-62)37-51-41-58(70(4,5)6)42-52(66(51)76-14)38-56-46-60(72(10,11)12)44-54(36-50(40-57)65(49)75-13)68(56)78-48-80(74,63-31-23-17-24-32-63)64-33-25-18-26-34-64/h15-34,39-46H,35-38,47-48H2,1-14H3/i13+1,14+1. The minimum atomic E-state index is -3.35. The van der Waals surface area contributed by atoms with E-state index in [2.05, 4.69) is 132 Å². The first-order valence-corrected chi connectivity index (χ1v) is 32.0. The zero-order valence-corrected chi connectivity index (χ0v) is 51.5. The van der Waals surface area contributed by atoms with Crippen molar-refractivity contribution in [3.05, 3.63) is 237 Å². The van der Waals surface area contributed by atoms with Gasteiger partial charge in [-0.25, -0.2) is 0 Å². The summed E-state index contributed by atoms with van der Waals surface area (Å²) < 4.78 is 60.0. The first-order chi connectivity index (χ1) is 37.8. The average Bonchev–Trinajstić information content (AvgIpc) is 3.48. The summed E-state index contributed by atoms with van der Waals surface area (Å²) in [7, 11) is -3.16. The minimum Gasteiger partial charge on any atom is -0.496 e. The molecule has 0 aliphatic heterocycles. The second-order valence-corrected chi connectivity index (χ2v) is 31.5. The van der Waals surface area contributed by atoms with Gasteiger partial charge in [-0.2, -0.15) is 0 Å². The second-order valence-electron chi connectivity index (χ2n) is 26.0. The van der Waals surface area contributed by atoms with Crippen molar-refractivity contribution in [3.8, 4) is 23.0 Å². The lowest BCUT2D eigenvalue weighted by molar-refractivity contribution is 0.369. The first-order valence-electron chi connectivity index (χ1n) is 28.2. The first kappa shape index (κ1) is 58.1. The largest absolute Gasteiger partial charge is 0.496 e. The molecule has 9 rings (SSSR count). The summed E-state index contributed by atoms with van der Waals surface area (Å²) in [6.45, 7) is 27.1. The van der Waals surface area contributed by atoms with Crippen molar-refractivity contribution in [1.82, 2.24) is 0 Å². The van der Waals surface area contributed by atoms with E-state index in [1.54, 1.807) is 14.2 Å². The molecule has 416 valence electrons. The van der Waals surface area contributed by atoms with E-state index in [1.807, 2.05) is 121 Å². The van der Waals surface area contributed by atoms with Crippen molar-refractivity contribution in [1.29, 1.82) is 0 Å². The number of rotatable bonds is 12. The molecule has 8 bridgehead atoms. The van der Waals surface area contributed by atoms with E-state index < -0.39 is 14.3 Å². The van der Waals surface area contributed by atoms with Crippen LogP contribution >= 0.6 is 14.3 Å². The van der Waals surface area contributed by atoms with Gasteiger partial charge in [0, 0.05) is 46.9 Å². The van der Waals surface area contributed by atoms with Crippen LogP contribution in [0.2, 0.25) is 0 Å². The number of hydrogen-bond acceptors (Lipinski definition) is 6. The summed E-state index contributed by atoms with van der Waals surface area (Å²) in [5.74, 6) is 2.99. The van der Waals surface area contributed by atoms with Crippen molar-refractivity contribution in [2.45, 2.75) is 130 Å². The van der Waals surface area contributed by atoms with Gasteiger partial charge in [0.15, 0.2) is 14.3 Å². The SMILES string of the molecule is CC(C)(C)c1cc2c(O[13CH3])c(c1)Cc1cc(C(C)(C)C)cc(c1OCP(=O)(c1ccccc1)c1ccccc1)Cc1cc(C(C)(C)C)cc(c1O[13CH3])Cc1cc(C(C)(C)C)cc(c1OCP(=O)(c1ccccc1)c1ccccc1)C2. The van der Waals surface area contributed by atoms with Gasteiger partial charge in [0.1, 0.15) is 35.7 Å². The van der Waals surface area contributed by atoms with E-state index in [4.69, 9.17) is 18.9 Å². The minimum absolute atomic E-state index is 0.0419. The monoisotopic (exact) mass is 1110 g/mol. The van der Waals surface area contributed by atoms with Gasteiger partial charge < -0.3 is 28.1 Å². The second kappa shape index (κ2) is 22.8. The van der Waals surface area contributed by atoms with Crippen LogP contribution in [0.25, 0.3) is 0 Å². The number of hydrogen-bond donors (Lipinski definition) is 0. The molecule has 8 aromatic carbocycles. The highest BCUT2D eigenvalue weighted by Gasteiger charge is 2.34. The Bertz CT molecular complexity index is 3170. The molecule has 0 heterocycles. The third-order valence-electron chi connectivity index (χ3n) is 15.8. The van der Waals surface area contributed by atoms with Crippen molar-refractivity contribution in [3.63, 3.8) is 0 Å². The van der Waals surface area contributed by atoms with Crippen LogP contribution < -0.4 is 40.2 Å². The molecule has 1 aliphatic rings. The Labute approximate surface area is 478 Å². The third-order valence-corrected chi connectivity index (χ3v) is 21.4. The van der Waals surface area contributed by atoms with Gasteiger partial charge in [0.2, 0.25) is 0 Å². The molecule has 0 N–H and O–H groups in total. The molecule has 0 saturated heterocycles. The van der Waals surface area contributed by atoms with Crippen LogP contribution in [0.4, 0.5) is 0 Å². The summed E-state index contributed by atoms with van der Waals surface area (Å²) in [5.41, 5.74) is 11.7. The van der Waals surface area contributed by atoms with Gasteiger partial charge >= 0.3 is 0 Å². The van der Waals surface area contributed by atoms with Crippen LogP contribution in [0.3, 0.4) is 0 Å². The van der Waals surface area contributed by atoms with Gasteiger partial charge in [0.05, 0.1) is 14.2 Å². The maximum atomic E-state index is 15.9. The predicted molar refractivity (Wildman–Crippen MR) is 335 cm³/mol. The molecule has 1 aliphatic carbocycles. The van der Waals surface area contributed by atoms with E-state index in [-0.39, 0.29) is 34.4 Å². The Kier molecular flexibility index (Phi) is 16.5. The van der Waals surface area contributed by atoms with E-state index in [1.165, 1.54) is 11.1 Å². The number of methoxy groups -OCH3 is 2. The highest BCUT2D eigenvalue weighted by Crippen LogP contribution is 2.49. The quantitative estimate of drug-likeness (QED) is 0.0897.